The van der Waals surface area contributed by atoms with Crippen molar-refractivity contribution in [1.29, 1.82) is 0 Å². The highest BCUT2D eigenvalue weighted by atomic mass is 16.3. The largest absolute Gasteiger partial charge is 0.508 e. The van der Waals surface area contributed by atoms with Crippen LogP contribution in [0.5, 0.6) is 17.2 Å². The van der Waals surface area contributed by atoms with Crippen LogP contribution < -0.4 is 5.73 Å². The van der Waals surface area contributed by atoms with Gasteiger partial charge in [-0.2, -0.15) is 5.10 Å². The SMILES string of the molecule is NC(=O)c1nn(-c2ccc(O)cc2O)c2c1CCCCC2Cc1cccc(O)c1. The van der Waals surface area contributed by atoms with Gasteiger partial charge in [-0.1, -0.05) is 18.6 Å². The molecule has 0 spiro atoms. The third-order valence-corrected chi connectivity index (χ3v) is 5.45. The summed E-state index contributed by atoms with van der Waals surface area (Å²) in [5, 5.41) is 34.3. The van der Waals surface area contributed by atoms with Crippen LogP contribution in [0.1, 0.15) is 52.5 Å². The molecule has 150 valence electrons. The fraction of sp³-hybridized carbons (Fsp3) is 0.273. The Kier molecular flexibility index (Phi) is 4.88. The van der Waals surface area contributed by atoms with Gasteiger partial charge >= 0.3 is 0 Å². The molecule has 1 aliphatic rings. The average molecular weight is 393 g/mol. The lowest BCUT2D eigenvalue weighted by Crippen LogP contribution is -2.14. The summed E-state index contributed by atoms with van der Waals surface area (Å²) in [4.78, 5) is 12.1. The van der Waals surface area contributed by atoms with Gasteiger partial charge in [0.15, 0.2) is 5.69 Å². The molecule has 7 heteroatoms. The van der Waals surface area contributed by atoms with E-state index in [4.69, 9.17) is 5.73 Å². The summed E-state index contributed by atoms with van der Waals surface area (Å²) in [6, 6.07) is 11.4. The summed E-state index contributed by atoms with van der Waals surface area (Å²) in [5.41, 5.74) is 8.85. The Morgan fingerprint density at radius 2 is 1.90 bits per heavy atom. The van der Waals surface area contributed by atoms with Gasteiger partial charge in [0.25, 0.3) is 5.91 Å². The lowest BCUT2D eigenvalue weighted by atomic mass is 9.90. The van der Waals surface area contributed by atoms with E-state index in [0.717, 1.165) is 36.1 Å². The summed E-state index contributed by atoms with van der Waals surface area (Å²) in [6.45, 7) is 0. The van der Waals surface area contributed by atoms with Crippen LogP contribution in [-0.2, 0) is 12.8 Å². The van der Waals surface area contributed by atoms with Crippen LogP contribution in [-0.4, -0.2) is 31.0 Å². The fourth-order valence-electron chi connectivity index (χ4n) is 4.20. The van der Waals surface area contributed by atoms with Gasteiger partial charge in [0.05, 0.1) is 5.69 Å². The molecule has 2 aromatic carbocycles. The van der Waals surface area contributed by atoms with Crippen molar-refractivity contribution in [2.24, 2.45) is 5.73 Å². The number of hydrogen-bond acceptors (Lipinski definition) is 5. The number of fused-ring (bicyclic) bond motifs is 1. The van der Waals surface area contributed by atoms with Gasteiger partial charge in [-0.05, 0) is 55.5 Å². The Morgan fingerprint density at radius 1 is 1.10 bits per heavy atom. The number of carbonyl (C=O) groups is 1. The van der Waals surface area contributed by atoms with Gasteiger partial charge in [-0.25, -0.2) is 4.68 Å². The van der Waals surface area contributed by atoms with E-state index >= 15 is 0 Å². The number of phenols is 3. The van der Waals surface area contributed by atoms with E-state index in [1.54, 1.807) is 28.9 Å². The van der Waals surface area contributed by atoms with Crippen molar-refractivity contribution < 1.29 is 20.1 Å². The standard InChI is InChI=1S/C22H23N3O4/c23-22(29)20-17-7-2-1-5-14(10-13-4-3-6-15(26)11-13)21(17)25(24-20)18-9-8-16(27)12-19(18)28/h3-4,6,8-9,11-12,14,26-28H,1-2,5,7,10H2,(H2,23,29). The van der Waals surface area contributed by atoms with Crippen molar-refractivity contribution in [3.8, 4) is 22.9 Å². The molecule has 0 fully saturated rings. The minimum absolute atomic E-state index is 0.0307. The highest BCUT2D eigenvalue weighted by Crippen LogP contribution is 2.38. The molecule has 0 saturated heterocycles. The van der Waals surface area contributed by atoms with Crippen molar-refractivity contribution in [2.45, 2.75) is 38.0 Å². The maximum absolute atomic E-state index is 12.1. The summed E-state index contributed by atoms with van der Waals surface area (Å²) in [6.07, 6.45) is 4.12. The number of benzene rings is 2. The maximum Gasteiger partial charge on any atom is 0.269 e. The lowest BCUT2D eigenvalue weighted by Gasteiger charge is -2.19. The first kappa shape index (κ1) is 18.9. The second-order valence-corrected chi connectivity index (χ2v) is 7.48. The molecule has 1 amide bonds. The van der Waals surface area contributed by atoms with E-state index in [1.165, 1.54) is 12.1 Å². The molecule has 0 radical (unpaired) electrons. The summed E-state index contributed by atoms with van der Waals surface area (Å²) in [5.74, 6) is -0.555. The zero-order chi connectivity index (χ0) is 20.5. The number of carbonyl (C=O) groups excluding carboxylic acids is 1. The Labute approximate surface area is 168 Å². The number of primary amides is 1. The van der Waals surface area contributed by atoms with E-state index in [0.29, 0.717) is 18.5 Å². The van der Waals surface area contributed by atoms with Gasteiger partial charge in [-0.15, -0.1) is 0 Å². The highest BCUT2D eigenvalue weighted by Gasteiger charge is 2.30. The van der Waals surface area contributed by atoms with Gasteiger partial charge in [0.1, 0.15) is 22.9 Å². The maximum atomic E-state index is 12.1. The Morgan fingerprint density at radius 3 is 2.62 bits per heavy atom. The third-order valence-electron chi connectivity index (χ3n) is 5.45. The van der Waals surface area contributed by atoms with Crippen LogP contribution in [0.4, 0.5) is 0 Å². The van der Waals surface area contributed by atoms with Crippen molar-refractivity contribution in [3.63, 3.8) is 0 Å². The molecular formula is C22H23N3O4. The monoisotopic (exact) mass is 393 g/mol. The minimum Gasteiger partial charge on any atom is -0.508 e. The fourth-order valence-corrected chi connectivity index (χ4v) is 4.20. The Balaban J connectivity index is 1.88. The number of nitrogens with zero attached hydrogens (tertiary/aromatic N) is 2. The van der Waals surface area contributed by atoms with Gasteiger partial charge < -0.3 is 21.1 Å². The van der Waals surface area contributed by atoms with E-state index in [-0.39, 0.29) is 28.9 Å². The van der Waals surface area contributed by atoms with Gasteiger partial charge in [0.2, 0.25) is 0 Å². The predicted octanol–water partition coefficient (Wildman–Crippen LogP) is 3.14. The van der Waals surface area contributed by atoms with Crippen molar-refractivity contribution in [2.75, 3.05) is 0 Å². The van der Waals surface area contributed by atoms with E-state index < -0.39 is 5.91 Å². The summed E-state index contributed by atoms with van der Waals surface area (Å²) < 4.78 is 1.59. The molecule has 1 atom stereocenters. The molecule has 5 N–H and O–H groups in total. The second-order valence-electron chi connectivity index (χ2n) is 7.48. The normalized spacial score (nSPS) is 16.2. The number of phenolic OH excluding ortho intramolecular Hbond substituents is 3. The van der Waals surface area contributed by atoms with Crippen LogP contribution >= 0.6 is 0 Å². The molecule has 29 heavy (non-hydrogen) atoms. The minimum atomic E-state index is -0.601. The van der Waals surface area contributed by atoms with Gasteiger partial charge in [-0.3, -0.25) is 4.79 Å². The van der Waals surface area contributed by atoms with Crippen molar-refractivity contribution in [1.82, 2.24) is 9.78 Å². The molecule has 3 aromatic rings. The molecule has 1 heterocycles. The number of rotatable bonds is 4. The summed E-state index contributed by atoms with van der Waals surface area (Å²) in [7, 11) is 0. The molecule has 0 saturated carbocycles. The van der Waals surface area contributed by atoms with Crippen LogP contribution in [0, 0.1) is 0 Å². The molecule has 0 bridgehead atoms. The zero-order valence-electron chi connectivity index (χ0n) is 15.9. The molecule has 7 nitrogen and oxygen atoms in total. The molecule has 1 aromatic heterocycles. The molecular weight excluding hydrogens is 370 g/mol. The van der Waals surface area contributed by atoms with Crippen LogP contribution in [0.2, 0.25) is 0 Å². The zero-order valence-corrected chi connectivity index (χ0v) is 15.9. The molecule has 1 unspecified atom stereocenters. The highest BCUT2D eigenvalue weighted by molar-refractivity contribution is 5.92. The Bertz CT molecular complexity index is 1070. The second kappa shape index (κ2) is 7.50. The van der Waals surface area contributed by atoms with Gasteiger partial charge in [0, 0.05) is 17.5 Å². The third kappa shape index (κ3) is 3.63. The lowest BCUT2D eigenvalue weighted by molar-refractivity contribution is 0.0994. The van der Waals surface area contributed by atoms with Crippen molar-refractivity contribution in [3.05, 3.63) is 65.0 Å². The van der Waals surface area contributed by atoms with E-state index in [9.17, 15) is 20.1 Å². The average Bonchev–Trinajstić information content (AvgIpc) is 2.92. The van der Waals surface area contributed by atoms with E-state index in [2.05, 4.69) is 5.10 Å². The summed E-state index contributed by atoms with van der Waals surface area (Å²) >= 11 is 0. The topological polar surface area (TPSA) is 122 Å². The first-order valence-electron chi connectivity index (χ1n) is 9.66. The van der Waals surface area contributed by atoms with Crippen LogP contribution in [0.25, 0.3) is 5.69 Å². The molecule has 0 aliphatic heterocycles. The number of aromatic nitrogens is 2. The predicted molar refractivity (Wildman–Crippen MR) is 108 cm³/mol. The smallest absolute Gasteiger partial charge is 0.269 e. The number of aromatic hydroxyl groups is 3. The number of amides is 1. The first-order chi connectivity index (χ1) is 13.9. The van der Waals surface area contributed by atoms with E-state index in [1.807, 2.05) is 6.07 Å². The molecule has 1 aliphatic carbocycles. The van der Waals surface area contributed by atoms with Crippen LogP contribution in [0.3, 0.4) is 0 Å². The molecule has 4 rings (SSSR count). The Hall–Kier alpha value is -3.48. The first-order valence-corrected chi connectivity index (χ1v) is 9.66. The van der Waals surface area contributed by atoms with Crippen LogP contribution in [0.15, 0.2) is 42.5 Å². The quantitative estimate of drug-likeness (QED) is 0.507. The number of nitrogens with two attached hydrogens (primary N) is 1. The van der Waals surface area contributed by atoms with Crippen molar-refractivity contribution >= 4 is 5.91 Å². The number of hydrogen-bond donors (Lipinski definition) is 4.